The minimum Gasteiger partial charge on any atom is -0.478 e. The maximum absolute atomic E-state index is 12.6. The second kappa shape index (κ2) is 7.61. The van der Waals surface area contributed by atoms with Gasteiger partial charge in [-0.15, -0.1) is 0 Å². The van der Waals surface area contributed by atoms with Gasteiger partial charge in [-0.3, -0.25) is 9.59 Å². The SMILES string of the molecule is Cc1cc(NC(=O)C2CC(=O)N(C(C)c3ccccc3)C2)ccc1C(=O)O. The van der Waals surface area contributed by atoms with Crippen LogP contribution in [0.1, 0.15) is 40.9 Å². The van der Waals surface area contributed by atoms with Gasteiger partial charge in [0.05, 0.1) is 17.5 Å². The predicted molar refractivity (Wildman–Crippen MR) is 101 cm³/mol. The lowest BCUT2D eigenvalue weighted by Gasteiger charge is -2.25. The molecule has 140 valence electrons. The fourth-order valence-corrected chi connectivity index (χ4v) is 3.42. The number of carboxylic acids is 1. The topological polar surface area (TPSA) is 86.7 Å². The number of amides is 2. The molecule has 0 aromatic heterocycles. The van der Waals surface area contributed by atoms with Gasteiger partial charge < -0.3 is 15.3 Å². The minimum absolute atomic E-state index is 0.0380. The molecule has 1 fully saturated rings. The average Bonchev–Trinajstić information content (AvgIpc) is 3.03. The van der Waals surface area contributed by atoms with Gasteiger partial charge in [0.2, 0.25) is 11.8 Å². The molecular weight excluding hydrogens is 344 g/mol. The van der Waals surface area contributed by atoms with E-state index in [0.717, 1.165) is 5.56 Å². The molecule has 0 saturated carbocycles. The van der Waals surface area contributed by atoms with Crippen molar-refractivity contribution in [1.29, 1.82) is 0 Å². The van der Waals surface area contributed by atoms with Crippen LogP contribution in [0.25, 0.3) is 0 Å². The third-order valence-corrected chi connectivity index (χ3v) is 5.00. The second-order valence-electron chi connectivity index (χ2n) is 6.86. The molecule has 2 atom stereocenters. The van der Waals surface area contributed by atoms with Crippen molar-refractivity contribution < 1.29 is 19.5 Å². The summed E-state index contributed by atoms with van der Waals surface area (Å²) in [4.78, 5) is 37.8. The van der Waals surface area contributed by atoms with Crippen molar-refractivity contribution in [3.63, 3.8) is 0 Å². The van der Waals surface area contributed by atoms with E-state index in [0.29, 0.717) is 17.8 Å². The number of likely N-dealkylation sites (tertiary alicyclic amines) is 1. The molecular formula is C21H22N2O4. The molecule has 1 saturated heterocycles. The molecule has 2 aromatic carbocycles. The Labute approximate surface area is 157 Å². The van der Waals surface area contributed by atoms with Gasteiger partial charge in [0.1, 0.15) is 0 Å². The normalized spacial score (nSPS) is 17.6. The predicted octanol–water partition coefficient (Wildman–Crippen LogP) is 3.24. The van der Waals surface area contributed by atoms with Crippen molar-refractivity contribution in [2.75, 3.05) is 11.9 Å². The molecule has 2 unspecified atom stereocenters. The molecule has 1 aliphatic rings. The Morgan fingerprint density at radius 2 is 1.89 bits per heavy atom. The summed E-state index contributed by atoms with van der Waals surface area (Å²) in [5.74, 6) is -1.70. The first-order valence-electron chi connectivity index (χ1n) is 8.86. The summed E-state index contributed by atoms with van der Waals surface area (Å²) in [5.41, 5.74) is 2.34. The van der Waals surface area contributed by atoms with Gasteiger partial charge in [0.15, 0.2) is 0 Å². The number of anilines is 1. The fraction of sp³-hybridized carbons (Fsp3) is 0.286. The molecule has 2 amide bonds. The van der Waals surface area contributed by atoms with Gasteiger partial charge in [-0.2, -0.15) is 0 Å². The Kier molecular flexibility index (Phi) is 5.26. The van der Waals surface area contributed by atoms with Crippen molar-refractivity contribution >= 4 is 23.5 Å². The lowest BCUT2D eigenvalue weighted by molar-refractivity contribution is -0.129. The minimum atomic E-state index is -1.00. The zero-order chi connectivity index (χ0) is 19.6. The summed E-state index contributed by atoms with van der Waals surface area (Å²) in [7, 11) is 0. The highest BCUT2D eigenvalue weighted by Crippen LogP contribution is 2.29. The van der Waals surface area contributed by atoms with Crippen molar-refractivity contribution in [2.45, 2.75) is 26.3 Å². The maximum atomic E-state index is 12.6. The number of nitrogens with one attached hydrogen (secondary N) is 1. The molecule has 2 N–H and O–H groups in total. The van der Waals surface area contributed by atoms with E-state index in [1.807, 2.05) is 37.3 Å². The van der Waals surface area contributed by atoms with E-state index in [9.17, 15) is 14.4 Å². The molecule has 1 heterocycles. The van der Waals surface area contributed by atoms with Gasteiger partial charge in [-0.05, 0) is 43.2 Å². The maximum Gasteiger partial charge on any atom is 0.335 e. The molecule has 0 aliphatic carbocycles. The quantitative estimate of drug-likeness (QED) is 0.850. The smallest absolute Gasteiger partial charge is 0.335 e. The average molecular weight is 366 g/mol. The summed E-state index contributed by atoms with van der Waals surface area (Å²) < 4.78 is 0. The van der Waals surface area contributed by atoms with E-state index in [4.69, 9.17) is 5.11 Å². The van der Waals surface area contributed by atoms with Crippen molar-refractivity contribution in [1.82, 2.24) is 4.90 Å². The number of aromatic carboxylic acids is 1. The molecule has 0 radical (unpaired) electrons. The lowest BCUT2D eigenvalue weighted by Crippen LogP contribution is -2.30. The van der Waals surface area contributed by atoms with Crippen LogP contribution in [0.15, 0.2) is 48.5 Å². The second-order valence-corrected chi connectivity index (χ2v) is 6.86. The van der Waals surface area contributed by atoms with E-state index in [1.165, 1.54) is 6.07 Å². The number of hydrogen-bond acceptors (Lipinski definition) is 3. The third kappa shape index (κ3) is 4.00. The van der Waals surface area contributed by atoms with Gasteiger partial charge in [-0.25, -0.2) is 4.79 Å². The van der Waals surface area contributed by atoms with Crippen molar-refractivity contribution in [2.24, 2.45) is 5.92 Å². The molecule has 27 heavy (non-hydrogen) atoms. The van der Waals surface area contributed by atoms with Crippen molar-refractivity contribution in [3.05, 3.63) is 65.2 Å². The van der Waals surface area contributed by atoms with Crippen LogP contribution in [-0.2, 0) is 9.59 Å². The number of carbonyl (C=O) groups excluding carboxylic acids is 2. The first-order chi connectivity index (χ1) is 12.9. The van der Waals surface area contributed by atoms with Gasteiger partial charge >= 0.3 is 5.97 Å². The fourth-order valence-electron chi connectivity index (χ4n) is 3.42. The highest BCUT2D eigenvalue weighted by Gasteiger charge is 2.37. The Morgan fingerprint density at radius 3 is 2.52 bits per heavy atom. The van der Waals surface area contributed by atoms with E-state index >= 15 is 0 Å². The Morgan fingerprint density at radius 1 is 1.19 bits per heavy atom. The van der Waals surface area contributed by atoms with Crippen LogP contribution in [0.5, 0.6) is 0 Å². The van der Waals surface area contributed by atoms with Crippen LogP contribution in [0.4, 0.5) is 5.69 Å². The van der Waals surface area contributed by atoms with E-state index in [2.05, 4.69) is 5.32 Å². The summed E-state index contributed by atoms with van der Waals surface area (Å²) >= 11 is 0. The summed E-state index contributed by atoms with van der Waals surface area (Å²) in [5, 5.41) is 11.9. The number of hydrogen-bond donors (Lipinski definition) is 2. The standard InChI is InChI=1S/C21H22N2O4/c1-13-10-17(8-9-18(13)21(26)27)22-20(25)16-11-19(24)23(12-16)14(2)15-6-4-3-5-7-15/h3-10,14,16H,11-12H2,1-2H3,(H,22,25)(H,26,27). The molecule has 0 bridgehead atoms. The van der Waals surface area contributed by atoms with Gasteiger partial charge in [0, 0.05) is 18.7 Å². The molecule has 6 heteroatoms. The number of rotatable bonds is 5. The van der Waals surface area contributed by atoms with Crippen LogP contribution in [-0.4, -0.2) is 34.3 Å². The Hall–Kier alpha value is -3.15. The molecule has 3 rings (SSSR count). The monoisotopic (exact) mass is 366 g/mol. The molecule has 1 aliphatic heterocycles. The zero-order valence-corrected chi connectivity index (χ0v) is 15.3. The third-order valence-electron chi connectivity index (χ3n) is 5.00. The first-order valence-corrected chi connectivity index (χ1v) is 8.86. The van der Waals surface area contributed by atoms with E-state index in [-0.39, 0.29) is 29.8 Å². The lowest BCUT2D eigenvalue weighted by atomic mass is 10.1. The largest absolute Gasteiger partial charge is 0.478 e. The van der Waals surface area contributed by atoms with Crippen LogP contribution < -0.4 is 5.32 Å². The van der Waals surface area contributed by atoms with Gasteiger partial charge in [0.25, 0.3) is 0 Å². The van der Waals surface area contributed by atoms with E-state index in [1.54, 1.807) is 24.0 Å². The highest BCUT2D eigenvalue weighted by molar-refractivity contribution is 5.98. The van der Waals surface area contributed by atoms with Crippen LogP contribution >= 0.6 is 0 Å². The Bertz CT molecular complexity index is 879. The molecule has 0 spiro atoms. The highest BCUT2D eigenvalue weighted by atomic mass is 16.4. The summed E-state index contributed by atoms with van der Waals surface area (Å²) in [6, 6.07) is 14.3. The Balaban J connectivity index is 1.67. The number of aryl methyl sites for hydroxylation is 1. The first kappa shape index (κ1) is 18.6. The number of carbonyl (C=O) groups is 3. The van der Waals surface area contributed by atoms with Crippen LogP contribution in [0.3, 0.4) is 0 Å². The summed E-state index contributed by atoms with van der Waals surface area (Å²) in [6.07, 6.45) is 0.176. The molecule has 2 aromatic rings. The molecule has 6 nitrogen and oxygen atoms in total. The number of benzene rings is 2. The van der Waals surface area contributed by atoms with Crippen LogP contribution in [0.2, 0.25) is 0 Å². The summed E-state index contributed by atoms with van der Waals surface area (Å²) in [6.45, 7) is 4.01. The number of nitrogens with zero attached hydrogens (tertiary/aromatic N) is 1. The van der Waals surface area contributed by atoms with Crippen molar-refractivity contribution in [3.8, 4) is 0 Å². The van der Waals surface area contributed by atoms with Crippen LogP contribution in [0, 0.1) is 12.8 Å². The zero-order valence-electron chi connectivity index (χ0n) is 15.3. The van der Waals surface area contributed by atoms with E-state index < -0.39 is 11.9 Å². The van der Waals surface area contributed by atoms with Gasteiger partial charge in [-0.1, -0.05) is 30.3 Å². The number of carboxylic acid groups (broad SMARTS) is 1.